The second kappa shape index (κ2) is 10.1. The molecular weight excluding hydrogens is 547 g/mol. The van der Waals surface area contributed by atoms with Crippen LogP contribution >= 0.6 is 23.2 Å². The first kappa shape index (κ1) is 24.9. The van der Waals surface area contributed by atoms with Crippen LogP contribution in [0.3, 0.4) is 0 Å². The summed E-state index contributed by atoms with van der Waals surface area (Å²) < 4.78 is 29.1. The minimum atomic E-state index is -1.23. The Kier molecular flexibility index (Phi) is 6.42. The van der Waals surface area contributed by atoms with E-state index in [9.17, 15) is 14.0 Å². The molecular formula is C26H17Cl2F2N9. The molecule has 0 unspecified atom stereocenters. The van der Waals surface area contributed by atoms with Gasteiger partial charge in [0.25, 0.3) is 0 Å². The molecule has 6 rings (SSSR count). The number of benzene rings is 1. The van der Waals surface area contributed by atoms with Gasteiger partial charge in [-0.05, 0) is 31.0 Å². The number of rotatable bonds is 7. The summed E-state index contributed by atoms with van der Waals surface area (Å²) in [5, 5.41) is 26.0. The molecule has 1 aromatic carbocycles. The Morgan fingerprint density at radius 1 is 1.03 bits per heavy atom. The molecule has 0 radical (unpaired) electrons. The van der Waals surface area contributed by atoms with Crippen LogP contribution in [0.4, 0.5) is 25.8 Å². The summed E-state index contributed by atoms with van der Waals surface area (Å²) in [5.41, 5.74) is 2.99. The van der Waals surface area contributed by atoms with Gasteiger partial charge in [0.1, 0.15) is 11.8 Å². The van der Waals surface area contributed by atoms with Crippen molar-refractivity contribution in [3.8, 4) is 6.07 Å². The maximum atomic E-state index is 13.8. The van der Waals surface area contributed by atoms with Gasteiger partial charge in [-0.15, -0.1) is 5.10 Å². The third-order valence-electron chi connectivity index (χ3n) is 6.23. The van der Waals surface area contributed by atoms with E-state index >= 15 is 0 Å². The number of aromatic nitrogens is 6. The normalized spacial score (nSPS) is 13.7. The first-order chi connectivity index (χ1) is 18.9. The topological polar surface area (TPSA) is 117 Å². The van der Waals surface area contributed by atoms with Gasteiger partial charge in [-0.1, -0.05) is 28.4 Å². The summed E-state index contributed by atoms with van der Waals surface area (Å²) in [7, 11) is 0. The van der Waals surface area contributed by atoms with E-state index in [0.29, 0.717) is 44.1 Å². The van der Waals surface area contributed by atoms with E-state index in [2.05, 4.69) is 42.0 Å². The average molecular weight is 564 g/mol. The number of anilines is 3. The van der Waals surface area contributed by atoms with Gasteiger partial charge in [0.15, 0.2) is 5.82 Å². The van der Waals surface area contributed by atoms with Crippen LogP contribution in [0, 0.1) is 23.1 Å². The maximum absolute atomic E-state index is 13.8. The van der Waals surface area contributed by atoms with E-state index in [4.69, 9.17) is 23.2 Å². The van der Waals surface area contributed by atoms with E-state index in [1.807, 2.05) is 10.9 Å². The number of fused-ring (bicyclic) bond motifs is 1. The predicted octanol–water partition coefficient (Wildman–Crippen LogP) is 6.35. The monoisotopic (exact) mass is 563 g/mol. The molecule has 13 heteroatoms. The first-order valence-corrected chi connectivity index (χ1v) is 12.5. The lowest BCUT2D eigenvalue weighted by Crippen LogP contribution is -2.13. The molecule has 194 valence electrons. The van der Waals surface area contributed by atoms with Crippen LogP contribution < -0.4 is 10.6 Å². The zero-order chi connectivity index (χ0) is 27.1. The Morgan fingerprint density at radius 3 is 2.62 bits per heavy atom. The highest BCUT2D eigenvalue weighted by Gasteiger charge is 2.27. The third kappa shape index (κ3) is 5.04. The van der Waals surface area contributed by atoms with Crippen molar-refractivity contribution in [3.63, 3.8) is 0 Å². The predicted molar refractivity (Wildman–Crippen MR) is 142 cm³/mol. The van der Waals surface area contributed by atoms with Crippen LogP contribution in [0.25, 0.3) is 10.9 Å². The van der Waals surface area contributed by atoms with Gasteiger partial charge in [0, 0.05) is 41.3 Å². The molecule has 1 fully saturated rings. The maximum Gasteiger partial charge on any atom is 0.249 e. The summed E-state index contributed by atoms with van der Waals surface area (Å²) in [6.45, 7) is 0. The molecule has 1 aliphatic carbocycles. The van der Waals surface area contributed by atoms with E-state index in [-0.39, 0.29) is 11.3 Å². The number of nitrogens with one attached hydrogen (secondary N) is 2. The lowest BCUT2D eigenvalue weighted by molar-refractivity contribution is 0.480. The van der Waals surface area contributed by atoms with Crippen LogP contribution in [0.1, 0.15) is 41.7 Å². The molecule has 9 nitrogen and oxygen atoms in total. The van der Waals surface area contributed by atoms with E-state index < -0.39 is 17.8 Å². The Morgan fingerprint density at radius 2 is 1.87 bits per heavy atom. The van der Waals surface area contributed by atoms with Crippen LogP contribution in [-0.4, -0.2) is 29.9 Å². The zero-order valence-electron chi connectivity index (χ0n) is 19.9. The standard InChI is InChI=1S/C26H17Cl2F2N9/c27-15-3-13(8-32-10-15)24(22-12-39(38-37-22)18-1-2-18)35-16-4-19-23(36-17-6-21(29)26(30)34-11-17)14(7-31)9-33-25(19)20(28)5-16/h3-6,8-12,18,24,35H,1-2H2,(H,33,36)/t24-/m0/s1. The van der Waals surface area contributed by atoms with Crippen molar-refractivity contribution < 1.29 is 8.78 Å². The fraction of sp³-hybridized carbons (Fsp3) is 0.154. The highest BCUT2D eigenvalue weighted by molar-refractivity contribution is 6.36. The minimum absolute atomic E-state index is 0.145. The Labute approximate surface area is 230 Å². The Balaban J connectivity index is 1.44. The molecule has 1 aliphatic rings. The molecule has 2 N–H and O–H groups in total. The number of halogens is 4. The summed E-state index contributed by atoms with van der Waals surface area (Å²) >= 11 is 12.9. The van der Waals surface area contributed by atoms with Crippen molar-refractivity contribution in [1.82, 2.24) is 29.9 Å². The second-order valence-electron chi connectivity index (χ2n) is 9.00. The van der Waals surface area contributed by atoms with Crippen molar-refractivity contribution in [2.45, 2.75) is 24.9 Å². The van der Waals surface area contributed by atoms with E-state index in [0.717, 1.165) is 30.7 Å². The van der Waals surface area contributed by atoms with Crippen LogP contribution in [0.5, 0.6) is 0 Å². The quantitative estimate of drug-likeness (QED) is 0.220. The number of hydrogen-bond acceptors (Lipinski definition) is 8. The zero-order valence-corrected chi connectivity index (χ0v) is 21.4. The number of nitriles is 1. The molecule has 39 heavy (non-hydrogen) atoms. The molecule has 1 saturated carbocycles. The molecule has 0 aliphatic heterocycles. The van der Waals surface area contributed by atoms with Gasteiger partial charge in [-0.25, -0.2) is 14.1 Å². The fourth-order valence-electron chi connectivity index (χ4n) is 4.22. The molecule has 4 heterocycles. The third-order valence-corrected chi connectivity index (χ3v) is 6.72. The smallest absolute Gasteiger partial charge is 0.249 e. The van der Waals surface area contributed by atoms with Gasteiger partial charge in [0.05, 0.1) is 57.0 Å². The van der Waals surface area contributed by atoms with E-state index in [1.54, 1.807) is 24.4 Å². The van der Waals surface area contributed by atoms with Gasteiger partial charge in [-0.2, -0.15) is 9.65 Å². The van der Waals surface area contributed by atoms with Crippen molar-refractivity contribution in [3.05, 3.63) is 93.9 Å². The SMILES string of the molecule is N#Cc1cnc2c(Cl)cc(N[C@@H](c3cncc(Cl)c3)c3cn(C4CC4)nn3)cc2c1Nc1cnc(F)c(F)c1. The second-order valence-corrected chi connectivity index (χ2v) is 9.85. The Bertz CT molecular complexity index is 1760. The Hall–Kier alpha value is -4.40. The highest BCUT2D eigenvalue weighted by Crippen LogP contribution is 2.38. The summed E-state index contributed by atoms with van der Waals surface area (Å²) in [6, 6.07) is 8.10. The van der Waals surface area contributed by atoms with E-state index in [1.165, 1.54) is 12.4 Å². The largest absolute Gasteiger partial charge is 0.373 e. The van der Waals surface area contributed by atoms with Crippen LogP contribution in [0.2, 0.25) is 10.0 Å². The molecule has 0 spiro atoms. The molecule has 0 saturated heterocycles. The molecule has 1 atom stereocenters. The van der Waals surface area contributed by atoms with Crippen LogP contribution in [-0.2, 0) is 0 Å². The number of pyridine rings is 3. The lowest BCUT2D eigenvalue weighted by Gasteiger charge is -2.20. The van der Waals surface area contributed by atoms with Crippen LogP contribution in [0.15, 0.2) is 55.2 Å². The van der Waals surface area contributed by atoms with Gasteiger partial charge >= 0.3 is 0 Å². The summed E-state index contributed by atoms with van der Waals surface area (Å²) in [6.07, 6.45) is 9.69. The summed E-state index contributed by atoms with van der Waals surface area (Å²) in [5.74, 6) is -2.36. The summed E-state index contributed by atoms with van der Waals surface area (Å²) in [4.78, 5) is 12.0. The van der Waals surface area contributed by atoms with Crippen molar-refractivity contribution >= 4 is 51.2 Å². The van der Waals surface area contributed by atoms with Crippen molar-refractivity contribution in [2.75, 3.05) is 10.6 Å². The minimum Gasteiger partial charge on any atom is -0.373 e. The average Bonchev–Trinajstić information content (AvgIpc) is 3.66. The van der Waals surface area contributed by atoms with Crippen molar-refractivity contribution in [1.29, 1.82) is 5.26 Å². The molecule has 4 aromatic heterocycles. The molecule has 0 amide bonds. The molecule has 5 aromatic rings. The number of nitrogens with zero attached hydrogens (tertiary/aromatic N) is 7. The van der Waals surface area contributed by atoms with Gasteiger partial charge in [0.2, 0.25) is 5.95 Å². The fourth-order valence-corrected chi connectivity index (χ4v) is 4.67. The number of hydrogen-bond donors (Lipinski definition) is 2. The van der Waals surface area contributed by atoms with Gasteiger partial charge in [-0.3, -0.25) is 9.97 Å². The molecule has 0 bridgehead atoms. The lowest BCUT2D eigenvalue weighted by atomic mass is 10.0. The first-order valence-electron chi connectivity index (χ1n) is 11.8. The highest BCUT2D eigenvalue weighted by atomic mass is 35.5. The van der Waals surface area contributed by atoms with Gasteiger partial charge < -0.3 is 10.6 Å². The van der Waals surface area contributed by atoms with Crippen molar-refractivity contribution in [2.24, 2.45) is 0 Å².